The van der Waals surface area contributed by atoms with Crippen molar-refractivity contribution in [2.45, 2.75) is 12.8 Å². The van der Waals surface area contributed by atoms with E-state index in [1.165, 1.54) is 0 Å². The van der Waals surface area contributed by atoms with Gasteiger partial charge in [0.25, 0.3) is 0 Å². The van der Waals surface area contributed by atoms with E-state index in [4.69, 9.17) is 9.66 Å². The van der Waals surface area contributed by atoms with Gasteiger partial charge < -0.3 is 9.66 Å². The summed E-state index contributed by atoms with van der Waals surface area (Å²) in [5.41, 5.74) is 0. The molecule has 1 aliphatic heterocycles. The molecule has 0 amide bonds. The molecule has 0 aromatic rings. The summed E-state index contributed by atoms with van der Waals surface area (Å²) in [7, 11) is 0. The summed E-state index contributed by atoms with van der Waals surface area (Å²) in [6.45, 7) is 1.91. The lowest BCUT2D eigenvalue weighted by Gasteiger charge is -2.29. The van der Waals surface area contributed by atoms with E-state index in [0.717, 1.165) is 25.9 Å². The second-order valence-corrected chi connectivity index (χ2v) is 4.10. The van der Waals surface area contributed by atoms with E-state index in [1.807, 2.05) is 4.90 Å². The molecule has 1 unspecified atom stereocenters. The Morgan fingerprint density at radius 1 is 1.42 bits per heavy atom. The normalized spacial score (nSPS) is 24.2. The van der Waals surface area contributed by atoms with Crippen LogP contribution in [0.4, 0.5) is 0 Å². The Morgan fingerprint density at radius 2 is 2.00 bits per heavy atom. The number of rotatable bonds is 3. The number of piperidine rings is 1. The van der Waals surface area contributed by atoms with Crippen molar-refractivity contribution in [1.82, 2.24) is 4.90 Å². The number of hydrogen-bond donors (Lipinski definition) is 2. The van der Waals surface area contributed by atoms with Crippen LogP contribution in [-0.2, 0) is 11.1 Å². The van der Waals surface area contributed by atoms with Crippen molar-refractivity contribution >= 4 is 11.1 Å². The molecule has 0 aromatic carbocycles. The number of nitrogens with zero attached hydrogens (tertiary/aromatic N) is 1. The quantitative estimate of drug-likeness (QED) is 0.613. The zero-order chi connectivity index (χ0) is 8.97. The van der Waals surface area contributed by atoms with Crippen molar-refractivity contribution in [3.63, 3.8) is 0 Å². The first-order chi connectivity index (χ1) is 5.72. The smallest absolute Gasteiger partial charge is 0.167 e. The number of aliphatic hydroxyl groups is 1. The Labute approximate surface area is 74.9 Å². The molecular formula is C7H15NO3S. The zero-order valence-electron chi connectivity index (χ0n) is 6.98. The van der Waals surface area contributed by atoms with Crippen molar-refractivity contribution in [2.24, 2.45) is 5.92 Å². The SMILES string of the molecule is O=S(O)CN1CCC(CO)CC1. The minimum atomic E-state index is -1.71. The lowest BCUT2D eigenvalue weighted by molar-refractivity contribution is 0.143. The molecule has 4 nitrogen and oxygen atoms in total. The Hall–Kier alpha value is 0.0300. The van der Waals surface area contributed by atoms with Gasteiger partial charge in [0.15, 0.2) is 11.1 Å². The molecule has 0 radical (unpaired) electrons. The lowest BCUT2D eigenvalue weighted by atomic mass is 9.98. The molecule has 1 rings (SSSR count). The first kappa shape index (κ1) is 10.1. The van der Waals surface area contributed by atoms with Crippen LogP contribution in [0.2, 0.25) is 0 Å². The first-order valence-corrected chi connectivity index (χ1v) is 5.40. The molecule has 12 heavy (non-hydrogen) atoms. The van der Waals surface area contributed by atoms with Crippen LogP contribution < -0.4 is 0 Å². The molecule has 0 aliphatic carbocycles. The Kier molecular flexibility index (Phi) is 4.14. The van der Waals surface area contributed by atoms with Gasteiger partial charge in [-0.1, -0.05) is 0 Å². The fraction of sp³-hybridized carbons (Fsp3) is 1.00. The van der Waals surface area contributed by atoms with Gasteiger partial charge in [0, 0.05) is 6.61 Å². The van der Waals surface area contributed by atoms with Gasteiger partial charge in [0.1, 0.15) is 5.88 Å². The monoisotopic (exact) mass is 193 g/mol. The second-order valence-electron chi connectivity index (χ2n) is 3.19. The second kappa shape index (κ2) is 4.91. The van der Waals surface area contributed by atoms with Gasteiger partial charge in [-0.05, 0) is 31.8 Å². The summed E-state index contributed by atoms with van der Waals surface area (Å²) < 4.78 is 19.0. The van der Waals surface area contributed by atoms with E-state index in [1.54, 1.807) is 0 Å². The Bertz CT molecular complexity index is 157. The summed E-state index contributed by atoms with van der Waals surface area (Å²) in [5, 5.41) is 8.83. The third-order valence-corrected chi connectivity index (χ3v) is 2.84. The number of aliphatic hydroxyl groups excluding tert-OH is 1. The van der Waals surface area contributed by atoms with Crippen molar-refractivity contribution < 1.29 is 13.9 Å². The molecule has 2 N–H and O–H groups in total. The van der Waals surface area contributed by atoms with Crippen molar-refractivity contribution in [1.29, 1.82) is 0 Å². The van der Waals surface area contributed by atoms with Gasteiger partial charge in [-0.15, -0.1) is 0 Å². The maximum absolute atomic E-state index is 10.4. The molecule has 1 saturated heterocycles. The molecule has 1 heterocycles. The summed E-state index contributed by atoms with van der Waals surface area (Å²) in [6.07, 6.45) is 1.88. The van der Waals surface area contributed by atoms with Crippen LogP contribution in [0.1, 0.15) is 12.8 Å². The van der Waals surface area contributed by atoms with Crippen LogP contribution in [0.3, 0.4) is 0 Å². The fourth-order valence-electron chi connectivity index (χ4n) is 1.45. The molecule has 72 valence electrons. The minimum Gasteiger partial charge on any atom is -0.396 e. The molecule has 1 atom stereocenters. The van der Waals surface area contributed by atoms with Gasteiger partial charge in [-0.25, -0.2) is 4.21 Å². The largest absolute Gasteiger partial charge is 0.396 e. The van der Waals surface area contributed by atoms with Gasteiger partial charge in [-0.2, -0.15) is 0 Å². The average Bonchev–Trinajstić information content (AvgIpc) is 2.05. The fourth-order valence-corrected chi connectivity index (χ4v) is 2.02. The molecule has 1 aliphatic rings. The molecule has 0 aromatic heterocycles. The van der Waals surface area contributed by atoms with Crippen LogP contribution in [0.25, 0.3) is 0 Å². The van der Waals surface area contributed by atoms with E-state index >= 15 is 0 Å². The topological polar surface area (TPSA) is 60.8 Å². The summed E-state index contributed by atoms with van der Waals surface area (Å²) >= 11 is -1.71. The summed E-state index contributed by atoms with van der Waals surface area (Å²) in [5.74, 6) is 0.645. The van der Waals surface area contributed by atoms with Crippen molar-refractivity contribution in [3.05, 3.63) is 0 Å². The van der Waals surface area contributed by atoms with Crippen LogP contribution in [0.5, 0.6) is 0 Å². The van der Waals surface area contributed by atoms with Gasteiger partial charge in [0.2, 0.25) is 0 Å². The highest BCUT2D eigenvalue weighted by atomic mass is 32.2. The lowest BCUT2D eigenvalue weighted by Crippen LogP contribution is -2.36. The highest BCUT2D eigenvalue weighted by Gasteiger charge is 2.18. The van der Waals surface area contributed by atoms with Crippen molar-refractivity contribution in [3.8, 4) is 0 Å². The zero-order valence-corrected chi connectivity index (χ0v) is 7.79. The molecule has 0 saturated carbocycles. The van der Waals surface area contributed by atoms with Crippen LogP contribution in [0.15, 0.2) is 0 Å². The van der Waals surface area contributed by atoms with Gasteiger partial charge >= 0.3 is 0 Å². The molecule has 0 bridgehead atoms. The molecule has 1 fully saturated rings. The van der Waals surface area contributed by atoms with Crippen LogP contribution in [-0.4, -0.2) is 44.3 Å². The first-order valence-electron chi connectivity index (χ1n) is 4.13. The Morgan fingerprint density at radius 3 is 2.42 bits per heavy atom. The number of hydrogen-bond acceptors (Lipinski definition) is 3. The number of likely N-dealkylation sites (tertiary alicyclic amines) is 1. The standard InChI is InChI=1S/C7H15NO3S/c9-5-7-1-3-8(4-2-7)6-12(10)11/h7,9H,1-6H2,(H,10,11). The van der Waals surface area contributed by atoms with E-state index in [-0.39, 0.29) is 12.5 Å². The maximum atomic E-state index is 10.4. The highest BCUT2D eigenvalue weighted by Crippen LogP contribution is 2.15. The average molecular weight is 193 g/mol. The summed E-state index contributed by atoms with van der Waals surface area (Å²) in [6, 6.07) is 0. The third-order valence-electron chi connectivity index (χ3n) is 2.26. The molecule has 0 spiro atoms. The van der Waals surface area contributed by atoms with E-state index < -0.39 is 11.1 Å². The molecular weight excluding hydrogens is 178 g/mol. The van der Waals surface area contributed by atoms with Crippen molar-refractivity contribution in [2.75, 3.05) is 25.6 Å². The minimum absolute atomic E-state index is 0.246. The predicted molar refractivity (Wildman–Crippen MR) is 47.0 cm³/mol. The Balaban J connectivity index is 2.21. The molecule has 5 heteroatoms. The van der Waals surface area contributed by atoms with Crippen LogP contribution in [0, 0.1) is 5.92 Å². The van der Waals surface area contributed by atoms with Crippen LogP contribution >= 0.6 is 0 Å². The maximum Gasteiger partial charge on any atom is 0.167 e. The van der Waals surface area contributed by atoms with E-state index in [0.29, 0.717) is 5.92 Å². The predicted octanol–water partition coefficient (Wildman–Crippen LogP) is -0.130. The van der Waals surface area contributed by atoms with Gasteiger partial charge in [-0.3, -0.25) is 4.90 Å². The van der Waals surface area contributed by atoms with Gasteiger partial charge in [0.05, 0.1) is 0 Å². The summed E-state index contributed by atoms with van der Waals surface area (Å²) in [4.78, 5) is 1.96. The van der Waals surface area contributed by atoms with E-state index in [9.17, 15) is 4.21 Å². The highest BCUT2D eigenvalue weighted by molar-refractivity contribution is 7.79. The van der Waals surface area contributed by atoms with E-state index in [2.05, 4.69) is 0 Å². The third kappa shape index (κ3) is 3.18.